The van der Waals surface area contributed by atoms with E-state index in [1.165, 1.54) is 12.1 Å². The number of sulfonamides is 1. The molecule has 6 nitrogen and oxygen atoms in total. The van der Waals surface area contributed by atoms with Gasteiger partial charge in [0.25, 0.3) is 0 Å². The number of aryl methyl sites for hydroxylation is 1. The Morgan fingerprint density at radius 1 is 1.40 bits per heavy atom. The van der Waals surface area contributed by atoms with Gasteiger partial charge >= 0.3 is 5.97 Å². The maximum Gasteiger partial charge on any atom is 0.303 e. The quantitative estimate of drug-likeness (QED) is 0.710. The molecule has 1 rings (SSSR count). The van der Waals surface area contributed by atoms with Gasteiger partial charge in [0.15, 0.2) is 0 Å². The Bertz CT molecular complexity index is 568. The number of rotatable bonds is 8. The van der Waals surface area contributed by atoms with Gasteiger partial charge in [0.05, 0.1) is 11.5 Å². The van der Waals surface area contributed by atoms with Gasteiger partial charge in [-0.05, 0) is 44.0 Å². The smallest absolute Gasteiger partial charge is 0.303 e. The van der Waals surface area contributed by atoms with E-state index in [0.29, 0.717) is 12.4 Å². The summed E-state index contributed by atoms with van der Waals surface area (Å²) in [6.07, 6.45) is 0.190. The Labute approximate surface area is 118 Å². The molecule has 1 aromatic carbocycles. The molecule has 1 aromatic rings. The summed E-state index contributed by atoms with van der Waals surface area (Å²) in [5, 5.41) is 8.49. The molecule has 20 heavy (non-hydrogen) atoms. The SMILES string of the molecule is CCOc1ccc(S(=O)(=O)NCCCC(=O)O)cc1C. The van der Waals surface area contributed by atoms with Crippen LogP contribution in [0.4, 0.5) is 0 Å². The van der Waals surface area contributed by atoms with Gasteiger partial charge in [-0.25, -0.2) is 13.1 Å². The van der Waals surface area contributed by atoms with Crippen LogP contribution >= 0.6 is 0 Å². The average Bonchev–Trinajstić information content (AvgIpc) is 2.37. The molecular formula is C13H19NO5S. The molecule has 0 saturated heterocycles. The number of benzene rings is 1. The van der Waals surface area contributed by atoms with Crippen LogP contribution in [0.5, 0.6) is 5.75 Å². The van der Waals surface area contributed by atoms with Gasteiger partial charge in [-0.1, -0.05) is 0 Å². The maximum atomic E-state index is 12.0. The standard InChI is InChI=1S/C13H19NO5S/c1-3-19-12-7-6-11(9-10(12)2)20(17,18)14-8-4-5-13(15)16/h6-7,9,14H,3-5,8H2,1-2H3,(H,15,16). The molecular weight excluding hydrogens is 282 g/mol. The Morgan fingerprint density at radius 2 is 2.10 bits per heavy atom. The molecule has 0 saturated carbocycles. The van der Waals surface area contributed by atoms with Gasteiger partial charge in [-0.15, -0.1) is 0 Å². The van der Waals surface area contributed by atoms with Gasteiger partial charge in [0.2, 0.25) is 10.0 Å². The fraction of sp³-hybridized carbons (Fsp3) is 0.462. The molecule has 0 aliphatic heterocycles. The van der Waals surface area contributed by atoms with E-state index >= 15 is 0 Å². The minimum Gasteiger partial charge on any atom is -0.494 e. The Hall–Kier alpha value is -1.60. The van der Waals surface area contributed by atoms with Gasteiger partial charge in [0.1, 0.15) is 5.75 Å². The van der Waals surface area contributed by atoms with Crippen LogP contribution in [0.2, 0.25) is 0 Å². The lowest BCUT2D eigenvalue weighted by Crippen LogP contribution is -2.25. The molecule has 0 aliphatic carbocycles. The van der Waals surface area contributed by atoms with Crippen molar-refractivity contribution in [3.63, 3.8) is 0 Å². The zero-order valence-corrected chi connectivity index (χ0v) is 12.4. The number of ether oxygens (including phenoxy) is 1. The average molecular weight is 301 g/mol. The van der Waals surface area contributed by atoms with E-state index in [9.17, 15) is 13.2 Å². The van der Waals surface area contributed by atoms with Crippen molar-refractivity contribution in [2.45, 2.75) is 31.6 Å². The van der Waals surface area contributed by atoms with E-state index in [0.717, 1.165) is 5.56 Å². The topological polar surface area (TPSA) is 92.7 Å². The van der Waals surface area contributed by atoms with Crippen molar-refractivity contribution in [1.29, 1.82) is 0 Å². The minimum absolute atomic E-state index is 0.0647. The van der Waals surface area contributed by atoms with Crippen molar-refractivity contribution in [1.82, 2.24) is 4.72 Å². The predicted octanol–water partition coefficient (Wildman–Crippen LogP) is 1.54. The first-order chi connectivity index (χ1) is 9.36. The first kappa shape index (κ1) is 16.5. The zero-order chi connectivity index (χ0) is 15.2. The van der Waals surface area contributed by atoms with Gasteiger partial charge in [0, 0.05) is 13.0 Å². The van der Waals surface area contributed by atoms with E-state index in [-0.39, 0.29) is 24.3 Å². The molecule has 0 atom stereocenters. The number of aliphatic carboxylic acids is 1. The lowest BCUT2D eigenvalue weighted by molar-refractivity contribution is -0.137. The summed E-state index contributed by atoms with van der Waals surface area (Å²) in [6, 6.07) is 4.62. The van der Waals surface area contributed by atoms with E-state index in [4.69, 9.17) is 9.84 Å². The highest BCUT2D eigenvalue weighted by Gasteiger charge is 2.15. The van der Waals surface area contributed by atoms with Crippen LogP contribution in [-0.2, 0) is 14.8 Å². The van der Waals surface area contributed by atoms with Crippen molar-refractivity contribution < 1.29 is 23.1 Å². The minimum atomic E-state index is -3.61. The lowest BCUT2D eigenvalue weighted by atomic mass is 10.2. The first-order valence-electron chi connectivity index (χ1n) is 6.31. The van der Waals surface area contributed by atoms with Crippen molar-refractivity contribution in [3.05, 3.63) is 23.8 Å². The third-order valence-electron chi connectivity index (χ3n) is 2.62. The van der Waals surface area contributed by atoms with E-state index in [2.05, 4.69) is 4.72 Å². The highest BCUT2D eigenvalue weighted by molar-refractivity contribution is 7.89. The van der Waals surface area contributed by atoms with Crippen LogP contribution in [-0.4, -0.2) is 32.6 Å². The number of hydrogen-bond donors (Lipinski definition) is 2. The Balaban J connectivity index is 2.72. The first-order valence-corrected chi connectivity index (χ1v) is 7.80. The summed E-state index contributed by atoms with van der Waals surface area (Å²) >= 11 is 0. The number of carbonyl (C=O) groups is 1. The third-order valence-corrected chi connectivity index (χ3v) is 4.07. The van der Waals surface area contributed by atoms with Crippen LogP contribution in [0.1, 0.15) is 25.3 Å². The largest absolute Gasteiger partial charge is 0.494 e. The number of nitrogens with one attached hydrogen (secondary N) is 1. The molecule has 0 radical (unpaired) electrons. The monoisotopic (exact) mass is 301 g/mol. The second-order valence-corrected chi connectivity index (χ2v) is 6.02. The number of hydrogen-bond acceptors (Lipinski definition) is 4. The van der Waals surface area contributed by atoms with Crippen LogP contribution < -0.4 is 9.46 Å². The molecule has 0 amide bonds. The van der Waals surface area contributed by atoms with Gasteiger partial charge in [-0.3, -0.25) is 4.79 Å². The summed E-state index contributed by atoms with van der Waals surface area (Å²) in [6.45, 7) is 4.24. The van der Waals surface area contributed by atoms with Gasteiger partial charge < -0.3 is 9.84 Å². The van der Waals surface area contributed by atoms with Crippen LogP contribution in [0, 0.1) is 6.92 Å². The van der Waals surface area contributed by atoms with Crippen LogP contribution in [0.15, 0.2) is 23.1 Å². The summed E-state index contributed by atoms with van der Waals surface area (Å²) < 4.78 is 31.7. The summed E-state index contributed by atoms with van der Waals surface area (Å²) in [7, 11) is -3.61. The van der Waals surface area contributed by atoms with Gasteiger partial charge in [-0.2, -0.15) is 0 Å². The molecule has 0 fully saturated rings. The highest BCUT2D eigenvalue weighted by atomic mass is 32.2. The fourth-order valence-corrected chi connectivity index (χ4v) is 2.79. The Kier molecular flexibility index (Phi) is 5.97. The maximum absolute atomic E-state index is 12.0. The van der Waals surface area contributed by atoms with Crippen molar-refractivity contribution in [3.8, 4) is 5.75 Å². The lowest BCUT2D eigenvalue weighted by Gasteiger charge is -2.10. The highest BCUT2D eigenvalue weighted by Crippen LogP contribution is 2.21. The molecule has 0 aromatic heterocycles. The fourth-order valence-electron chi connectivity index (χ4n) is 1.64. The number of carboxylic acids is 1. The molecule has 0 spiro atoms. The molecule has 112 valence electrons. The predicted molar refractivity (Wildman–Crippen MR) is 74.4 cm³/mol. The van der Waals surface area contributed by atoms with E-state index < -0.39 is 16.0 Å². The molecule has 7 heteroatoms. The molecule has 0 unspecified atom stereocenters. The zero-order valence-electron chi connectivity index (χ0n) is 11.5. The molecule has 0 aliphatic rings. The summed E-state index contributed by atoms with van der Waals surface area (Å²) in [5.41, 5.74) is 0.736. The second-order valence-electron chi connectivity index (χ2n) is 4.26. The molecule has 0 heterocycles. The van der Waals surface area contributed by atoms with Crippen LogP contribution in [0.3, 0.4) is 0 Å². The van der Waals surface area contributed by atoms with Crippen LogP contribution in [0.25, 0.3) is 0 Å². The Morgan fingerprint density at radius 3 is 2.65 bits per heavy atom. The third kappa shape index (κ3) is 4.82. The van der Waals surface area contributed by atoms with Crippen molar-refractivity contribution in [2.75, 3.05) is 13.2 Å². The molecule has 2 N–H and O–H groups in total. The second kappa shape index (κ2) is 7.25. The van der Waals surface area contributed by atoms with E-state index in [1.54, 1.807) is 13.0 Å². The van der Waals surface area contributed by atoms with Crippen molar-refractivity contribution >= 4 is 16.0 Å². The van der Waals surface area contributed by atoms with Crippen molar-refractivity contribution in [2.24, 2.45) is 0 Å². The number of carboxylic acid groups (broad SMARTS) is 1. The normalized spacial score (nSPS) is 11.3. The summed E-state index contributed by atoms with van der Waals surface area (Å²) in [4.78, 5) is 10.5. The van der Waals surface area contributed by atoms with E-state index in [1.807, 2.05) is 6.92 Å². The summed E-state index contributed by atoms with van der Waals surface area (Å²) in [5.74, 6) is -0.293. The molecule has 0 bridgehead atoms.